The SMILES string of the molecule is C=C.CC/C=C/C(C)O.CCC. The molecule has 0 spiro atoms. The summed E-state index contributed by atoms with van der Waals surface area (Å²) in [6, 6.07) is 0. The molecule has 0 amide bonds. The summed E-state index contributed by atoms with van der Waals surface area (Å²) in [5, 5.41) is 8.60. The molecule has 1 heteroatoms. The van der Waals surface area contributed by atoms with E-state index in [2.05, 4.69) is 27.0 Å². The van der Waals surface area contributed by atoms with E-state index in [-0.39, 0.29) is 6.10 Å². The topological polar surface area (TPSA) is 20.2 Å². The van der Waals surface area contributed by atoms with Crippen LogP contribution in [0, 0.1) is 0 Å². The van der Waals surface area contributed by atoms with Crippen LogP contribution in [-0.4, -0.2) is 11.2 Å². The summed E-state index contributed by atoms with van der Waals surface area (Å²) in [5.41, 5.74) is 0. The van der Waals surface area contributed by atoms with E-state index in [1.54, 1.807) is 13.0 Å². The molecule has 0 aliphatic carbocycles. The highest BCUT2D eigenvalue weighted by atomic mass is 16.3. The van der Waals surface area contributed by atoms with Gasteiger partial charge in [-0.2, -0.15) is 0 Å². The highest BCUT2D eigenvalue weighted by molar-refractivity contribution is 4.84. The number of aliphatic hydroxyl groups excluding tert-OH is 1. The quantitative estimate of drug-likeness (QED) is 0.631. The van der Waals surface area contributed by atoms with Crippen molar-refractivity contribution in [1.82, 2.24) is 0 Å². The van der Waals surface area contributed by atoms with Crippen molar-refractivity contribution in [2.24, 2.45) is 0 Å². The molecule has 0 bridgehead atoms. The van der Waals surface area contributed by atoms with Crippen LogP contribution in [0.5, 0.6) is 0 Å². The molecule has 0 aromatic rings. The van der Waals surface area contributed by atoms with Crippen molar-refractivity contribution in [3.63, 3.8) is 0 Å². The Labute approximate surface area is 77.8 Å². The van der Waals surface area contributed by atoms with Gasteiger partial charge in [-0.05, 0) is 13.3 Å². The lowest BCUT2D eigenvalue weighted by Crippen LogP contribution is -1.90. The van der Waals surface area contributed by atoms with Gasteiger partial charge in [-0.3, -0.25) is 0 Å². The van der Waals surface area contributed by atoms with Crippen LogP contribution in [0.2, 0.25) is 0 Å². The smallest absolute Gasteiger partial charge is 0.0692 e. The molecule has 0 saturated carbocycles. The van der Waals surface area contributed by atoms with Crippen molar-refractivity contribution >= 4 is 0 Å². The van der Waals surface area contributed by atoms with Crippen LogP contribution >= 0.6 is 0 Å². The Morgan fingerprint density at radius 1 is 1.25 bits per heavy atom. The molecule has 0 radical (unpaired) electrons. The molecule has 74 valence electrons. The lowest BCUT2D eigenvalue weighted by atomic mass is 10.3. The molecule has 0 aromatic heterocycles. The lowest BCUT2D eigenvalue weighted by molar-refractivity contribution is 0.244. The number of aliphatic hydroxyl groups is 1. The maximum Gasteiger partial charge on any atom is 0.0692 e. The summed E-state index contributed by atoms with van der Waals surface area (Å²) in [7, 11) is 0. The van der Waals surface area contributed by atoms with Crippen LogP contribution in [0.3, 0.4) is 0 Å². The molecule has 1 atom stereocenters. The predicted molar refractivity (Wildman–Crippen MR) is 58.3 cm³/mol. The van der Waals surface area contributed by atoms with Gasteiger partial charge in [-0.15, -0.1) is 13.2 Å². The summed E-state index contributed by atoms with van der Waals surface area (Å²) in [5.74, 6) is 0. The van der Waals surface area contributed by atoms with Gasteiger partial charge in [0.15, 0.2) is 0 Å². The summed E-state index contributed by atoms with van der Waals surface area (Å²) in [4.78, 5) is 0. The van der Waals surface area contributed by atoms with Crippen LogP contribution < -0.4 is 0 Å². The Morgan fingerprint density at radius 2 is 1.58 bits per heavy atom. The molecule has 0 heterocycles. The zero-order chi connectivity index (χ0) is 10.4. The number of allylic oxidation sites excluding steroid dienone is 1. The first-order valence-electron chi connectivity index (χ1n) is 4.53. The minimum Gasteiger partial charge on any atom is -0.389 e. The zero-order valence-electron chi connectivity index (χ0n) is 9.01. The average molecular weight is 172 g/mol. The van der Waals surface area contributed by atoms with Gasteiger partial charge in [0.25, 0.3) is 0 Å². The second-order valence-electron chi connectivity index (χ2n) is 2.28. The van der Waals surface area contributed by atoms with Gasteiger partial charge in [-0.25, -0.2) is 0 Å². The van der Waals surface area contributed by atoms with Crippen LogP contribution in [0.25, 0.3) is 0 Å². The standard InChI is InChI=1S/C6H12O.C3H8.C2H4/c1-3-4-5-6(2)7;1-3-2;1-2/h4-7H,3H2,1-2H3;3H2,1-2H3;1-2H2/b5-4+;;. The first-order chi connectivity index (χ1) is 5.68. The van der Waals surface area contributed by atoms with Crippen LogP contribution in [0.4, 0.5) is 0 Å². The normalized spacial score (nSPS) is 10.8. The van der Waals surface area contributed by atoms with E-state index in [1.165, 1.54) is 6.42 Å². The molecule has 1 nitrogen and oxygen atoms in total. The second kappa shape index (κ2) is 22.4. The molecule has 0 aromatic carbocycles. The van der Waals surface area contributed by atoms with Crippen molar-refractivity contribution in [1.29, 1.82) is 0 Å². The monoisotopic (exact) mass is 172 g/mol. The van der Waals surface area contributed by atoms with E-state index < -0.39 is 0 Å². The minimum absolute atomic E-state index is 0.278. The molecule has 1 N–H and O–H groups in total. The van der Waals surface area contributed by atoms with Crippen LogP contribution in [0.15, 0.2) is 25.3 Å². The Hall–Kier alpha value is -0.560. The first kappa shape index (κ1) is 17.5. The Bertz CT molecular complexity index is 75.1. The minimum atomic E-state index is -0.278. The predicted octanol–water partition coefficient (Wildman–Crippen LogP) is 3.55. The van der Waals surface area contributed by atoms with Crippen LogP contribution in [0.1, 0.15) is 40.5 Å². The summed E-state index contributed by atoms with van der Waals surface area (Å²) in [6.07, 6.45) is 5.70. The highest BCUT2D eigenvalue weighted by Gasteiger charge is 1.79. The van der Waals surface area contributed by atoms with E-state index in [4.69, 9.17) is 5.11 Å². The van der Waals surface area contributed by atoms with Gasteiger partial charge >= 0.3 is 0 Å². The fourth-order valence-electron chi connectivity index (χ4n) is 0.333. The lowest BCUT2D eigenvalue weighted by Gasteiger charge is -1.88. The average Bonchev–Trinajstić information content (AvgIpc) is 2.06. The van der Waals surface area contributed by atoms with Crippen molar-refractivity contribution in [2.75, 3.05) is 0 Å². The molecule has 1 unspecified atom stereocenters. The van der Waals surface area contributed by atoms with E-state index in [1.807, 2.05) is 13.0 Å². The van der Waals surface area contributed by atoms with Gasteiger partial charge in [0.1, 0.15) is 0 Å². The molecule has 0 saturated heterocycles. The molecule has 0 aliphatic rings. The fraction of sp³-hybridized carbons (Fsp3) is 0.636. The van der Waals surface area contributed by atoms with Gasteiger partial charge in [0.2, 0.25) is 0 Å². The van der Waals surface area contributed by atoms with Gasteiger partial charge < -0.3 is 5.11 Å². The Kier molecular flexibility index (Phi) is 32.7. The number of hydrogen-bond acceptors (Lipinski definition) is 1. The van der Waals surface area contributed by atoms with Crippen molar-refractivity contribution < 1.29 is 5.11 Å². The van der Waals surface area contributed by atoms with Gasteiger partial charge in [0, 0.05) is 0 Å². The fourth-order valence-corrected chi connectivity index (χ4v) is 0.333. The molecule has 0 aliphatic heterocycles. The van der Waals surface area contributed by atoms with E-state index in [0.717, 1.165) is 6.42 Å². The summed E-state index contributed by atoms with van der Waals surface area (Å²) >= 11 is 0. The molecule has 0 rings (SSSR count). The maximum atomic E-state index is 8.60. The summed E-state index contributed by atoms with van der Waals surface area (Å²) < 4.78 is 0. The Balaban J connectivity index is -0.000000137. The van der Waals surface area contributed by atoms with Crippen LogP contribution in [-0.2, 0) is 0 Å². The third-order valence-electron chi connectivity index (χ3n) is 0.650. The summed E-state index contributed by atoms with van der Waals surface area (Å²) in [6.45, 7) is 14.0. The molecule has 0 fully saturated rings. The number of rotatable bonds is 2. The second-order valence-corrected chi connectivity index (χ2v) is 2.28. The Morgan fingerprint density at radius 3 is 1.67 bits per heavy atom. The zero-order valence-corrected chi connectivity index (χ0v) is 9.01. The van der Waals surface area contributed by atoms with E-state index >= 15 is 0 Å². The molecule has 12 heavy (non-hydrogen) atoms. The van der Waals surface area contributed by atoms with Gasteiger partial charge in [0.05, 0.1) is 6.10 Å². The van der Waals surface area contributed by atoms with Crippen molar-refractivity contribution in [2.45, 2.75) is 46.6 Å². The molecular formula is C11H24O. The maximum absolute atomic E-state index is 8.60. The third kappa shape index (κ3) is 56.8. The third-order valence-corrected chi connectivity index (χ3v) is 0.650. The van der Waals surface area contributed by atoms with Gasteiger partial charge in [-0.1, -0.05) is 39.3 Å². The first-order valence-corrected chi connectivity index (χ1v) is 4.53. The van der Waals surface area contributed by atoms with E-state index in [0.29, 0.717) is 0 Å². The molecular weight excluding hydrogens is 148 g/mol. The van der Waals surface area contributed by atoms with E-state index in [9.17, 15) is 0 Å². The van der Waals surface area contributed by atoms with Crippen molar-refractivity contribution in [3.8, 4) is 0 Å². The van der Waals surface area contributed by atoms with Crippen molar-refractivity contribution in [3.05, 3.63) is 25.3 Å². The number of hydrogen-bond donors (Lipinski definition) is 1. The highest BCUT2D eigenvalue weighted by Crippen LogP contribution is 1.84. The largest absolute Gasteiger partial charge is 0.389 e.